The van der Waals surface area contributed by atoms with Crippen LogP contribution in [-0.4, -0.2) is 38.1 Å². The molecule has 1 N–H and O–H groups in total. The molecule has 0 saturated carbocycles. The molecule has 1 aromatic carbocycles. The second kappa shape index (κ2) is 5.35. The molecule has 0 aromatic heterocycles. The van der Waals surface area contributed by atoms with E-state index in [1.165, 1.54) is 6.92 Å². The Morgan fingerprint density at radius 2 is 1.95 bits per heavy atom. The van der Waals surface area contributed by atoms with Crippen LogP contribution in [0.3, 0.4) is 0 Å². The monoisotopic (exact) mass is 290 g/mol. The number of sulfone groups is 1. The minimum absolute atomic E-state index is 0.0603. The first kappa shape index (κ1) is 15.1. The number of carbonyl (C=O) groups is 2. The van der Waals surface area contributed by atoms with Gasteiger partial charge in [-0.25, -0.2) is 17.6 Å². The first-order valence-corrected chi connectivity index (χ1v) is 7.01. The van der Waals surface area contributed by atoms with Crippen molar-refractivity contribution < 1.29 is 32.2 Å². The molecule has 0 unspecified atom stereocenters. The predicted molar refractivity (Wildman–Crippen MR) is 62.1 cm³/mol. The van der Waals surface area contributed by atoms with E-state index in [2.05, 4.69) is 4.74 Å². The highest BCUT2D eigenvalue weighted by Gasteiger charge is 2.25. The van der Waals surface area contributed by atoms with E-state index in [9.17, 15) is 27.5 Å². The van der Waals surface area contributed by atoms with E-state index in [-0.39, 0.29) is 6.61 Å². The average Bonchev–Trinajstić information content (AvgIpc) is 2.29. The van der Waals surface area contributed by atoms with Crippen LogP contribution in [0.2, 0.25) is 0 Å². The average molecular weight is 290 g/mol. The number of esters is 1. The molecular formula is C11H11FO6S. The first-order valence-electron chi connectivity index (χ1n) is 5.12. The topological polar surface area (TPSA) is 97.7 Å². The van der Waals surface area contributed by atoms with E-state index in [0.29, 0.717) is 12.1 Å². The maximum absolute atomic E-state index is 13.5. The summed E-state index contributed by atoms with van der Waals surface area (Å²) in [5.41, 5.74) is -0.650. The minimum atomic E-state index is -3.89. The molecule has 19 heavy (non-hydrogen) atoms. The van der Waals surface area contributed by atoms with Crippen molar-refractivity contribution in [1.82, 2.24) is 0 Å². The Morgan fingerprint density at radius 1 is 1.37 bits per heavy atom. The van der Waals surface area contributed by atoms with E-state index < -0.39 is 43.6 Å². The number of rotatable bonds is 4. The van der Waals surface area contributed by atoms with Crippen LogP contribution in [0.5, 0.6) is 5.75 Å². The lowest BCUT2D eigenvalue weighted by Gasteiger charge is -2.06. The van der Waals surface area contributed by atoms with Gasteiger partial charge in [0.05, 0.1) is 12.2 Å². The molecular weight excluding hydrogens is 279 g/mol. The molecule has 0 aliphatic carbocycles. The number of hydrogen-bond donors (Lipinski definition) is 1. The van der Waals surface area contributed by atoms with E-state index in [1.54, 1.807) is 0 Å². The summed E-state index contributed by atoms with van der Waals surface area (Å²) < 4.78 is 40.3. The van der Waals surface area contributed by atoms with E-state index in [0.717, 1.165) is 6.26 Å². The van der Waals surface area contributed by atoms with E-state index in [4.69, 9.17) is 0 Å². The van der Waals surface area contributed by atoms with Crippen LogP contribution in [0.15, 0.2) is 17.0 Å². The molecule has 0 fully saturated rings. The third-order valence-electron chi connectivity index (χ3n) is 2.16. The second-order valence-corrected chi connectivity index (χ2v) is 5.61. The maximum atomic E-state index is 13.5. The van der Waals surface area contributed by atoms with Crippen LogP contribution < -0.4 is 0 Å². The summed E-state index contributed by atoms with van der Waals surface area (Å²) in [6, 6.07) is 1.07. The van der Waals surface area contributed by atoms with Crippen LogP contribution >= 0.6 is 0 Å². The smallest absolute Gasteiger partial charge is 0.379 e. The molecule has 0 aliphatic heterocycles. The zero-order chi connectivity index (χ0) is 14.8. The molecule has 0 saturated heterocycles. The molecule has 0 bridgehead atoms. The van der Waals surface area contributed by atoms with Crippen LogP contribution in [0.25, 0.3) is 0 Å². The van der Waals surface area contributed by atoms with Gasteiger partial charge in [-0.05, 0) is 13.0 Å². The van der Waals surface area contributed by atoms with Gasteiger partial charge in [0.2, 0.25) is 0 Å². The summed E-state index contributed by atoms with van der Waals surface area (Å²) in [6.45, 7) is 1.41. The highest BCUT2D eigenvalue weighted by atomic mass is 32.2. The van der Waals surface area contributed by atoms with E-state index in [1.807, 2.05) is 0 Å². The van der Waals surface area contributed by atoms with Crippen molar-refractivity contribution in [1.29, 1.82) is 0 Å². The van der Waals surface area contributed by atoms with Crippen molar-refractivity contribution in [3.05, 3.63) is 23.5 Å². The fraction of sp³-hybridized carbons (Fsp3) is 0.273. The Bertz CT molecular complexity index is 635. The molecule has 0 radical (unpaired) electrons. The number of Topliss-reactive ketones (excluding diaryl/α,β-unsaturated/α-hetero) is 1. The van der Waals surface area contributed by atoms with Gasteiger partial charge >= 0.3 is 5.97 Å². The number of aromatic hydroxyl groups is 1. The highest BCUT2D eigenvalue weighted by Crippen LogP contribution is 2.25. The summed E-state index contributed by atoms with van der Waals surface area (Å²) in [4.78, 5) is 21.9. The number of phenols is 1. The summed E-state index contributed by atoms with van der Waals surface area (Å²) in [6.07, 6.45) is 0.748. The van der Waals surface area contributed by atoms with Gasteiger partial charge in [0, 0.05) is 12.3 Å². The summed E-state index contributed by atoms with van der Waals surface area (Å²) in [5, 5.41) is 9.51. The summed E-state index contributed by atoms with van der Waals surface area (Å²) >= 11 is 0. The number of ether oxygens (including phenoxy) is 1. The lowest BCUT2D eigenvalue weighted by atomic mass is 10.1. The Balaban J connectivity index is 3.31. The number of carbonyl (C=O) groups excluding carboxylic acids is 2. The molecule has 0 amide bonds. The Morgan fingerprint density at radius 3 is 2.42 bits per heavy atom. The van der Waals surface area contributed by atoms with Gasteiger partial charge in [-0.3, -0.25) is 4.79 Å². The third-order valence-corrected chi connectivity index (χ3v) is 3.27. The molecule has 8 heteroatoms. The van der Waals surface area contributed by atoms with Crippen molar-refractivity contribution in [2.75, 3.05) is 12.9 Å². The largest absolute Gasteiger partial charge is 0.507 e. The number of halogens is 1. The molecule has 0 spiro atoms. The molecule has 0 heterocycles. The standard InChI is InChI=1S/C11H11FO6S/c1-3-18-11(15)10(14)6-4-7(12)9(5-8(6)13)19(2,16)17/h4-5,13H,3H2,1-2H3. The van der Waals surface area contributed by atoms with Gasteiger partial charge < -0.3 is 9.84 Å². The lowest BCUT2D eigenvalue weighted by molar-refractivity contribution is -0.137. The number of hydrogen-bond acceptors (Lipinski definition) is 6. The van der Waals surface area contributed by atoms with E-state index >= 15 is 0 Å². The summed E-state index contributed by atoms with van der Waals surface area (Å²) in [5.74, 6) is -4.55. The van der Waals surface area contributed by atoms with Crippen molar-refractivity contribution in [2.45, 2.75) is 11.8 Å². The van der Waals surface area contributed by atoms with Crippen LogP contribution in [0.4, 0.5) is 4.39 Å². The van der Waals surface area contributed by atoms with Gasteiger partial charge in [-0.15, -0.1) is 0 Å². The first-order chi connectivity index (χ1) is 8.68. The van der Waals surface area contributed by atoms with Crippen LogP contribution in [0, 0.1) is 5.82 Å². The molecule has 104 valence electrons. The zero-order valence-electron chi connectivity index (χ0n) is 10.1. The normalized spacial score (nSPS) is 11.1. The maximum Gasteiger partial charge on any atom is 0.379 e. The molecule has 1 aromatic rings. The number of phenolic OH excluding ortho intramolecular Hbond substituents is 1. The Hall–Kier alpha value is -1.96. The summed E-state index contributed by atoms with van der Waals surface area (Å²) in [7, 11) is -3.89. The van der Waals surface area contributed by atoms with Gasteiger partial charge in [0.1, 0.15) is 16.5 Å². The minimum Gasteiger partial charge on any atom is -0.507 e. The van der Waals surface area contributed by atoms with Crippen molar-refractivity contribution in [3.63, 3.8) is 0 Å². The quantitative estimate of drug-likeness (QED) is 0.497. The zero-order valence-corrected chi connectivity index (χ0v) is 11.0. The second-order valence-electron chi connectivity index (χ2n) is 3.62. The Kier molecular flexibility index (Phi) is 4.25. The molecule has 0 atom stereocenters. The fourth-order valence-corrected chi connectivity index (χ4v) is 2.05. The molecule has 0 aliphatic rings. The van der Waals surface area contributed by atoms with Gasteiger partial charge in [0.25, 0.3) is 5.78 Å². The third kappa shape index (κ3) is 3.28. The van der Waals surface area contributed by atoms with Crippen molar-refractivity contribution in [3.8, 4) is 5.75 Å². The van der Waals surface area contributed by atoms with Gasteiger partial charge in [-0.1, -0.05) is 0 Å². The lowest BCUT2D eigenvalue weighted by Crippen LogP contribution is -2.18. The van der Waals surface area contributed by atoms with Crippen LogP contribution in [0.1, 0.15) is 17.3 Å². The number of ketones is 1. The Labute approximate surface area is 108 Å². The van der Waals surface area contributed by atoms with Crippen molar-refractivity contribution >= 4 is 21.6 Å². The van der Waals surface area contributed by atoms with Crippen molar-refractivity contribution in [2.24, 2.45) is 0 Å². The highest BCUT2D eigenvalue weighted by molar-refractivity contribution is 7.90. The molecule has 6 nitrogen and oxygen atoms in total. The van der Waals surface area contributed by atoms with Gasteiger partial charge in [0.15, 0.2) is 9.84 Å². The predicted octanol–water partition coefficient (Wildman–Crippen LogP) is 0.681. The van der Waals surface area contributed by atoms with Crippen LogP contribution in [-0.2, 0) is 19.4 Å². The SMILES string of the molecule is CCOC(=O)C(=O)c1cc(F)c(S(C)(=O)=O)cc1O. The van der Waals surface area contributed by atoms with Gasteiger partial charge in [-0.2, -0.15) is 0 Å². The molecule has 1 rings (SSSR count). The number of benzene rings is 1. The fourth-order valence-electron chi connectivity index (χ4n) is 1.32.